The minimum atomic E-state index is -3.90. The molecule has 0 radical (unpaired) electrons. The van der Waals surface area contributed by atoms with Gasteiger partial charge in [-0.2, -0.15) is 0 Å². The van der Waals surface area contributed by atoms with E-state index in [1.54, 1.807) is 58.7 Å². The number of hydrogen-bond donors (Lipinski definition) is 0. The molecular formula is C26H25N3O3S2. The lowest BCUT2D eigenvalue weighted by molar-refractivity contribution is 0.0709. The van der Waals surface area contributed by atoms with Gasteiger partial charge in [0.1, 0.15) is 4.90 Å². The molecule has 1 aliphatic rings. The van der Waals surface area contributed by atoms with E-state index in [9.17, 15) is 13.2 Å². The number of rotatable bonds is 5. The van der Waals surface area contributed by atoms with Crippen LogP contribution >= 0.6 is 11.3 Å². The first-order valence-corrected chi connectivity index (χ1v) is 13.5. The highest BCUT2D eigenvalue weighted by Gasteiger charge is 2.31. The molecule has 0 aliphatic carbocycles. The highest BCUT2D eigenvalue weighted by molar-refractivity contribution is 7.92. The van der Waals surface area contributed by atoms with Crippen LogP contribution in [0.15, 0.2) is 83.8 Å². The van der Waals surface area contributed by atoms with E-state index in [1.807, 2.05) is 24.3 Å². The van der Waals surface area contributed by atoms with Crippen LogP contribution in [-0.2, 0) is 10.0 Å². The standard InChI is InChI=1S/C26H25N3O3S2/c1-28(20-9-3-2-4-10-20)34(31,32)24-14-8-5-11-21(24)26(30)29-17-15-19(16-18-29)25-27-22-12-6-7-13-23(22)33-25/h2-14,19H,15-18H2,1H3. The van der Waals surface area contributed by atoms with Crippen LogP contribution < -0.4 is 4.31 Å². The molecule has 34 heavy (non-hydrogen) atoms. The number of hydrogen-bond acceptors (Lipinski definition) is 5. The Morgan fingerprint density at radius 2 is 1.59 bits per heavy atom. The van der Waals surface area contributed by atoms with Crippen LogP contribution in [0.1, 0.15) is 34.1 Å². The van der Waals surface area contributed by atoms with Gasteiger partial charge in [-0.05, 0) is 49.2 Å². The summed E-state index contributed by atoms with van der Waals surface area (Å²) < 4.78 is 29.2. The van der Waals surface area contributed by atoms with Crippen molar-refractivity contribution < 1.29 is 13.2 Å². The number of benzene rings is 3. The Morgan fingerprint density at radius 1 is 0.941 bits per heavy atom. The van der Waals surface area contributed by atoms with E-state index in [0.717, 1.165) is 23.4 Å². The zero-order chi connectivity index (χ0) is 23.7. The van der Waals surface area contributed by atoms with Crippen molar-refractivity contribution in [2.24, 2.45) is 0 Å². The summed E-state index contributed by atoms with van der Waals surface area (Å²) >= 11 is 1.72. The first-order chi connectivity index (χ1) is 16.4. The van der Waals surface area contributed by atoms with Gasteiger partial charge in [-0.15, -0.1) is 11.3 Å². The van der Waals surface area contributed by atoms with Gasteiger partial charge in [0.25, 0.3) is 15.9 Å². The van der Waals surface area contributed by atoms with E-state index >= 15 is 0 Å². The summed E-state index contributed by atoms with van der Waals surface area (Å²) in [5, 5.41) is 1.11. The smallest absolute Gasteiger partial charge is 0.264 e. The van der Waals surface area contributed by atoms with Crippen LogP contribution in [0.25, 0.3) is 10.2 Å². The number of fused-ring (bicyclic) bond motifs is 1. The van der Waals surface area contributed by atoms with Crippen molar-refractivity contribution in [2.75, 3.05) is 24.4 Å². The summed E-state index contributed by atoms with van der Waals surface area (Å²) in [4.78, 5) is 20.0. The van der Waals surface area contributed by atoms with Gasteiger partial charge in [0.2, 0.25) is 0 Å². The topological polar surface area (TPSA) is 70.6 Å². The number of thiazole rings is 1. The van der Waals surface area contributed by atoms with Crippen LogP contribution in [0.3, 0.4) is 0 Å². The molecule has 8 heteroatoms. The molecular weight excluding hydrogens is 466 g/mol. The number of amides is 1. The fourth-order valence-electron chi connectivity index (χ4n) is 4.36. The Hall–Kier alpha value is -3.23. The van der Waals surface area contributed by atoms with Crippen molar-refractivity contribution in [3.63, 3.8) is 0 Å². The van der Waals surface area contributed by atoms with Crippen molar-refractivity contribution >= 4 is 43.2 Å². The molecule has 1 fully saturated rings. The van der Waals surface area contributed by atoms with E-state index in [4.69, 9.17) is 4.98 Å². The molecule has 6 nitrogen and oxygen atoms in total. The van der Waals surface area contributed by atoms with Crippen molar-refractivity contribution in [3.05, 3.63) is 89.4 Å². The van der Waals surface area contributed by atoms with Gasteiger partial charge in [-0.25, -0.2) is 13.4 Å². The highest BCUT2D eigenvalue weighted by atomic mass is 32.2. The summed E-state index contributed by atoms with van der Waals surface area (Å²) in [5.41, 5.74) is 1.77. The van der Waals surface area contributed by atoms with Crippen LogP contribution in [0.5, 0.6) is 0 Å². The van der Waals surface area contributed by atoms with Crippen molar-refractivity contribution in [3.8, 4) is 0 Å². The van der Waals surface area contributed by atoms with Gasteiger partial charge >= 0.3 is 0 Å². The fourth-order valence-corrected chi connectivity index (χ4v) is 6.87. The second kappa shape index (κ2) is 9.19. The first-order valence-electron chi connectivity index (χ1n) is 11.2. The number of carbonyl (C=O) groups is 1. The van der Waals surface area contributed by atoms with Crippen LogP contribution in [0, 0.1) is 0 Å². The van der Waals surface area contributed by atoms with E-state index in [0.29, 0.717) is 24.7 Å². The molecule has 0 saturated carbocycles. The zero-order valence-corrected chi connectivity index (χ0v) is 20.4. The molecule has 0 spiro atoms. The average Bonchev–Trinajstić information content (AvgIpc) is 3.33. The molecule has 0 atom stereocenters. The van der Waals surface area contributed by atoms with Gasteiger partial charge < -0.3 is 4.90 Å². The number of piperidine rings is 1. The zero-order valence-electron chi connectivity index (χ0n) is 18.8. The highest BCUT2D eigenvalue weighted by Crippen LogP contribution is 2.34. The number of likely N-dealkylation sites (tertiary alicyclic amines) is 1. The quantitative estimate of drug-likeness (QED) is 0.388. The number of sulfonamides is 1. The van der Waals surface area contributed by atoms with Gasteiger partial charge in [0.15, 0.2) is 0 Å². The van der Waals surface area contributed by atoms with E-state index in [2.05, 4.69) is 6.07 Å². The van der Waals surface area contributed by atoms with Crippen LogP contribution in [-0.4, -0.2) is 44.3 Å². The number of nitrogens with zero attached hydrogens (tertiary/aromatic N) is 3. The van der Waals surface area contributed by atoms with Crippen molar-refractivity contribution in [1.29, 1.82) is 0 Å². The summed E-state index contributed by atoms with van der Waals surface area (Å²) in [6.45, 7) is 1.14. The number of para-hydroxylation sites is 2. The lowest BCUT2D eigenvalue weighted by atomic mass is 9.97. The molecule has 0 unspecified atom stereocenters. The van der Waals surface area contributed by atoms with Gasteiger partial charge in [-0.3, -0.25) is 9.10 Å². The Balaban J connectivity index is 1.35. The van der Waals surface area contributed by atoms with Crippen molar-refractivity contribution in [2.45, 2.75) is 23.7 Å². The van der Waals surface area contributed by atoms with Gasteiger partial charge in [0, 0.05) is 26.1 Å². The summed E-state index contributed by atoms with van der Waals surface area (Å²) in [5.74, 6) is 0.0630. The summed E-state index contributed by atoms with van der Waals surface area (Å²) in [6.07, 6.45) is 1.62. The molecule has 1 aliphatic heterocycles. The Kier molecular flexibility index (Phi) is 6.10. The normalized spacial score (nSPS) is 14.9. The van der Waals surface area contributed by atoms with Gasteiger partial charge in [0.05, 0.1) is 26.5 Å². The molecule has 0 bridgehead atoms. The Labute approximate surface area is 203 Å². The largest absolute Gasteiger partial charge is 0.339 e. The predicted molar refractivity (Wildman–Crippen MR) is 136 cm³/mol. The Morgan fingerprint density at radius 3 is 2.32 bits per heavy atom. The molecule has 2 heterocycles. The average molecular weight is 492 g/mol. The molecule has 1 amide bonds. The first kappa shape index (κ1) is 22.6. The SMILES string of the molecule is CN(c1ccccc1)S(=O)(=O)c1ccccc1C(=O)N1CCC(c2nc3ccccc3s2)CC1. The second-order valence-electron chi connectivity index (χ2n) is 8.39. The second-order valence-corrected chi connectivity index (χ2v) is 11.4. The van der Waals surface area contributed by atoms with Crippen molar-refractivity contribution in [1.82, 2.24) is 9.88 Å². The minimum Gasteiger partial charge on any atom is -0.339 e. The maximum atomic E-state index is 13.4. The maximum Gasteiger partial charge on any atom is 0.264 e. The molecule has 174 valence electrons. The van der Waals surface area contributed by atoms with E-state index in [-0.39, 0.29) is 16.4 Å². The predicted octanol–water partition coefficient (Wildman–Crippen LogP) is 5.14. The molecule has 5 rings (SSSR count). The molecule has 1 aromatic heterocycles. The molecule has 0 N–H and O–H groups in total. The lowest BCUT2D eigenvalue weighted by Crippen LogP contribution is -2.39. The van der Waals surface area contributed by atoms with Crippen LogP contribution in [0.2, 0.25) is 0 Å². The number of anilines is 1. The van der Waals surface area contributed by atoms with Gasteiger partial charge in [-0.1, -0.05) is 42.5 Å². The number of aromatic nitrogens is 1. The third kappa shape index (κ3) is 4.19. The fraction of sp³-hybridized carbons (Fsp3) is 0.231. The minimum absolute atomic E-state index is 0.0275. The van der Waals surface area contributed by atoms with E-state index in [1.165, 1.54) is 22.1 Å². The lowest BCUT2D eigenvalue weighted by Gasteiger charge is -2.32. The molecule has 1 saturated heterocycles. The van der Waals surface area contributed by atoms with Crippen LogP contribution in [0.4, 0.5) is 5.69 Å². The Bertz CT molecular complexity index is 1390. The number of carbonyl (C=O) groups excluding carboxylic acids is 1. The summed E-state index contributed by atoms with van der Waals surface area (Å²) in [7, 11) is -2.39. The van der Waals surface area contributed by atoms with E-state index < -0.39 is 10.0 Å². The molecule has 3 aromatic carbocycles. The molecule has 4 aromatic rings. The third-order valence-corrected chi connectivity index (χ3v) is 9.36. The third-order valence-electron chi connectivity index (χ3n) is 6.32. The maximum absolute atomic E-state index is 13.4. The monoisotopic (exact) mass is 491 g/mol. The summed E-state index contributed by atoms with van der Waals surface area (Å²) in [6, 6.07) is 23.5.